The molecule has 0 aliphatic carbocycles. The lowest BCUT2D eigenvalue weighted by molar-refractivity contribution is 0.0704. The van der Waals surface area contributed by atoms with Crippen LogP contribution in [0.15, 0.2) is 36.5 Å². The molecular weight excluding hydrogens is 617 g/mol. The maximum Gasteiger partial charge on any atom is 0.409 e. The molecule has 0 aromatic heterocycles. The van der Waals surface area contributed by atoms with Crippen molar-refractivity contribution in [3.05, 3.63) is 36.5 Å². The molecule has 0 aromatic carbocycles. The first kappa shape index (κ1) is 46.4. The molecule has 0 spiro atoms. The van der Waals surface area contributed by atoms with Gasteiger partial charge in [0.15, 0.2) is 0 Å². The fraction of sp³-hybridized carbons (Fsp3) is 0.844. The largest absolute Gasteiger partial charge is 0.449 e. The van der Waals surface area contributed by atoms with Gasteiger partial charge in [0.05, 0.1) is 13.2 Å². The lowest BCUT2D eigenvalue weighted by Crippen LogP contribution is -2.36. The first-order valence-electron chi connectivity index (χ1n) is 21.9. The summed E-state index contributed by atoms with van der Waals surface area (Å²) in [5.41, 5.74) is 0. The molecule has 5 nitrogen and oxygen atoms in total. The third kappa shape index (κ3) is 32.3. The zero-order valence-corrected chi connectivity index (χ0v) is 33.5. The van der Waals surface area contributed by atoms with Crippen LogP contribution in [0.2, 0.25) is 0 Å². The van der Waals surface area contributed by atoms with Crippen molar-refractivity contribution in [2.24, 2.45) is 0 Å². The molecular formula is C45H84N2O3. The van der Waals surface area contributed by atoms with Gasteiger partial charge in [0.25, 0.3) is 0 Å². The van der Waals surface area contributed by atoms with Crippen molar-refractivity contribution in [1.29, 1.82) is 0 Å². The van der Waals surface area contributed by atoms with E-state index >= 15 is 0 Å². The minimum absolute atomic E-state index is 0.152. The molecule has 0 unspecified atom stereocenters. The Kier molecular flexibility index (Phi) is 35.9. The van der Waals surface area contributed by atoms with Gasteiger partial charge in [-0.25, -0.2) is 4.79 Å². The van der Waals surface area contributed by atoms with Crippen LogP contribution in [0.4, 0.5) is 4.79 Å². The number of rotatable bonds is 36. The lowest BCUT2D eigenvalue weighted by Gasteiger charge is -2.26. The highest BCUT2D eigenvalue weighted by atomic mass is 16.6. The van der Waals surface area contributed by atoms with E-state index in [9.17, 15) is 4.79 Å². The fourth-order valence-corrected chi connectivity index (χ4v) is 6.68. The average molecular weight is 701 g/mol. The Morgan fingerprint density at radius 2 is 1.02 bits per heavy atom. The van der Waals surface area contributed by atoms with Gasteiger partial charge in [-0.15, -0.1) is 0 Å². The van der Waals surface area contributed by atoms with E-state index in [2.05, 4.69) is 55.2 Å². The molecule has 0 N–H and O–H groups in total. The van der Waals surface area contributed by atoms with Gasteiger partial charge in [-0.2, -0.15) is 0 Å². The Bertz CT molecular complexity index is 789. The van der Waals surface area contributed by atoms with Crippen LogP contribution in [-0.4, -0.2) is 68.4 Å². The van der Waals surface area contributed by atoms with Crippen molar-refractivity contribution in [3.63, 3.8) is 0 Å². The summed E-state index contributed by atoms with van der Waals surface area (Å²) in [6.07, 6.45) is 49.2. The molecule has 5 heteroatoms. The van der Waals surface area contributed by atoms with Crippen molar-refractivity contribution in [1.82, 2.24) is 9.80 Å². The summed E-state index contributed by atoms with van der Waals surface area (Å²) < 4.78 is 11.7. The van der Waals surface area contributed by atoms with Crippen LogP contribution in [0.1, 0.15) is 194 Å². The lowest BCUT2D eigenvalue weighted by atomic mass is 10.1. The fourth-order valence-electron chi connectivity index (χ4n) is 6.68. The van der Waals surface area contributed by atoms with E-state index in [0.29, 0.717) is 19.8 Å². The number of amides is 1. The number of carbonyl (C=O) groups is 1. The minimum atomic E-state index is -0.152. The molecule has 0 atom stereocenters. The van der Waals surface area contributed by atoms with E-state index in [1.165, 1.54) is 167 Å². The molecule has 50 heavy (non-hydrogen) atoms. The Labute approximate surface area is 312 Å². The predicted octanol–water partition coefficient (Wildman–Crippen LogP) is 13.4. The number of hydrogen-bond acceptors (Lipinski definition) is 4. The molecule has 1 saturated heterocycles. The summed E-state index contributed by atoms with van der Waals surface area (Å²) in [6.45, 7) is 11.3. The van der Waals surface area contributed by atoms with Gasteiger partial charge in [0.1, 0.15) is 0 Å². The first-order chi connectivity index (χ1) is 24.8. The van der Waals surface area contributed by atoms with Gasteiger partial charge in [0, 0.05) is 26.2 Å². The average Bonchev–Trinajstić information content (AvgIpc) is 3.14. The number of hydrogen-bond donors (Lipinski definition) is 0. The normalized spacial score (nSPS) is 14.1. The number of allylic oxidation sites excluding steroid dienone is 6. The number of unbranched alkanes of at least 4 members (excludes halogenated alkanes) is 19. The third-order valence-electron chi connectivity index (χ3n) is 9.99. The van der Waals surface area contributed by atoms with Crippen molar-refractivity contribution in [2.45, 2.75) is 194 Å². The first-order valence-corrected chi connectivity index (χ1v) is 21.9. The van der Waals surface area contributed by atoms with E-state index < -0.39 is 0 Å². The summed E-state index contributed by atoms with van der Waals surface area (Å²) >= 11 is 0. The van der Waals surface area contributed by atoms with Gasteiger partial charge in [-0.1, -0.05) is 140 Å². The SMILES string of the molecule is CCCCC/C=C\C/C=C\CCCCCCCCN(CCOCCCCCCCC/C=C\CCCCCC)C(=O)OCCCN1CCCCC1. The molecule has 1 aliphatic heterocycles. The van der Waals surface area contributed by atoms with Crippen LogP contribution >= 0.6 is 0 Å². The van der Waals surface area contributed by atoms with Crippen molar-refractivity contribution >= 4 is 6.09 Å². The summed E-state index contributed by atoms with van der Waals surface area (Å²) in [5, 5.41) is 0. The Morgan fingerprint density at radius 1 is 0.520 bits per heavy atom. The highest BCUT2D eigenvalue weighted by molar-refractivity contribution is 5.67. The molecule has 1 fully saturated rings. The number of carbonyl (C=O) groups excluding carboxylic acids is 1. The van der Waals surface area contributed by atoms with E-state index in [0.717, 1.165) is 45.4 Å². The minimum Gasteiger partial charge on any atom is -0.449 e. The second-order valence-electron chi connectivity index (χ2n) is 14.8. The number of nitrogens with zero attached hydrogens (tertiary/aromatic N) is 2. The number of likely N-dealkylation sites (tertiary alicyclic amines) is 1. The molecule has 292 valence electrons. The van der Waals surface area contributed by atoms with E-state index in [-0.39, 0.29) is 6.09 Å². The number of piperidine rings is 1. The second kappa shape index (κ2) is 38.6. The van der Waals surface area contributed by atoms with Crippen LogP contribution in [0.5, 0.6) is 0 Å². The van der Waals surface area contributed by atoms with Gasteiger partial charge < -0.3 is 19.3 Å². The molecule has 1 heterocycles. The molecule has 0 radical (unpaired) electrons. The van der Waals surface area contributed by atoms with Crippen molar-refractivity contribution < 1.29 is 14.3 Å². The summed E-state index contributed by atoms with van der Waals surface area (Å²) in [5.74, 6) is 0. The molecule has 0 saturated carbocycles. The topological polar surface area (TPSA) is 42.0 Å². The Hall–Kier alpha value is -1.59. The zero-order valence-electron chi connectivity index (χ0n) is 33.5. The molecule has 0 aromatic rings. The maximum absolute atomic E-state index is 13.0. The van der Waals surface area contributed by atoms with E-state index in [1.54, 1.807) is 0 Å². The molecule has 1 rings (SSSR count). The quantitative estimate of drug-likeness (QED) is 0.0482. The smallest absolute Gasteiger partial charge is 0.409 e. The molecule has 1 aliphatic rings. The van der Waals surface area contributed by atoms with Crippen LogP contribution in [0.3, 0.4) is 0 Å². The summed E-state index contributed by atoms with van der Waals surface area (Å²) in [6, 6.07) is 0. The molecule has 0 bridgehead atoms. The van der Waals surface area contributed by atoms with Crippen LogP contribution < -0.4 is 0 Å². The zero-order chi connectivity index (χ0) is 35.8. The van der Waals surface area contributed by atoms with Gasteiger partial charge in [-0.05, 0) is 103 Å². The van der Waals surface area contributed by atoms with Gasteiger partial charge >= 0.3 is 6.09 Å². The van der Waals surface area contributed by atoms with Crippen molar-refractivity contribution in [2.75, 3.05) is 52.5 Å². The second-order valence-corrected chi connectivity index (χ2v) is 14.8. The van der Waals surface area contributed by atoms with Crippen LogP contribution in [-0.2, 0) is 9.47 Å². The summed E-state index contributed by atoms with van der Waals surface area (Å²) in [7, 11) is 0. The number of ether oxygens (including phenoxy) is 2. The van der Waals surface area contributed by atoms with E-state index in [1.807, 2.05) is 4.90 Å². The van der Waals surface area contributed by atoms with Crippen molar-refractivity contribution in [3.8, 4) is 0 Å². The van der Waals surface area contributed by atoms with Gasteiger partial charge in [-0.3, -0.25) is 0 Å². The highest BCUT2D eigenvalue weighted by Gasteiger charge is 2.15. The molecule has 1 amide bonds. The Balaban J connectivity index is 2.15. The van der Waals surface area contributed by atoms with E-state index in [4.69, 9.17) is 9.47 Å². The van der Waals surface area contributed by atoms with Gasteiger partial charge in [0.2, 0.25) is 0 Å². The summed E-state index contributed by atoms with van der Waals surface area (Å²) in [4.78, 5) is 17.4. The maximum atomic E-state index is 13.0. The monoisotopic (exact) mass is 701 g/mol. The predicted molar refractivity (Wildman–Crippen MR) is 218 cm³/mol. The van der Waals surface area contributed by atoms with Crippen LogP contribution in [0.25, 0.3) is 0 Å². The Morgan fingerprint density at radius 3 is 1.64 bits per heavy atom. The standard InChI is InChI=1S/C45H84N2O3/c1-3-5-7-9-11-13-15-17-19-20-21-23-25-27-29-34-40-47(45(48)50-43-36-39-46-37-32-31-33-38-46)41-44-49-42-35-30-28-26-24-22-18-16-14-12-10-8-6-4-2/h11,13-14,16-17,19H,3-10,12,15,18,20-44H2,1-2H3/b13-11-,16-14-,19-17-. The highest BCUT2D eigenvalue weighted by Crippen LogP contribution is 2.12. The van der Waals surface area contributed by atoms with Crippen LogP contribution in [0, 0.1) is 0 Å². The third-order valence-corrected chi connectivity index (χ3v) is 9.99.